The maximum atomic E-state index is 13.0. The van der Waals surface area contributed by atoms with Crippen LogP contribution in [0.1, 0.15) is 41.7 Å². The molecule has 4 heterocycles. The number of rotatable bonds is 4. The van der Waals surface area contributed by atoms with Gasteiger partial charge in [-0.15, -0.1) is 0 Å². The third-order valence-electron chi connectivity index (χ3n) is 6.57. The lowest BCUT2D eigenvalue weighted by molar-refractivity contribution is -0.134. The third-order valence-corrected chi connectivity index (χ3v) is 6.57. The number of ketones is 1. The number of pyridine rings is 1. The third kappa shape index (κ3) is 3.16. The molecule has 1 aromatic carbocycles. The minimum atomic E-state index is 0.0361. The van der Waals surface area contributed by atoms with Crippen LogP contribution >= 0.6 is 0 Å². The number of carbonyl (C=O) groups excluding carboxylic acids is 2. The first-order valence-electron chi connectivity index (χ1n) is 10.6. The molecule has 0 saturated carbocycles. The van der Waals surface area contributed by atoms with Gasteiger partial charge in [0.1, 0.15) is 0 Å². The molecule has 6 heteroatoms. The van der Waals surface area contributed by atoms with Crippen molar-refractivity contribution in [1.82, 2.24) is 14.0 Å². The van der Waals surface area contributed by atoms with Gasteiger partial charge < -0.3 is 14.0 Å². The molecule has 1 fully saturated rings. The van der Waals surface area contributed by atoms with E-state index in [-0.39, 0.29) is 23.2 Å². The van der Waals surface area contributed by atoms with E-state index in [1.54, 1.807) is 13.0 Å². The summed E-state index contributed by atoms with van der Waals surface area (Å²) >= 11 is 0. The summed E-state index contributed by atoms with van der Waals surface area (Å²) in [5.74, 6) is 0.733. The highest BCUT2D eigenvalue weighted by molar-refractivity contribution is 6.07. The Labute approximate surface area is 174 Å². The van der Waals surface area contributed by atoms with Gasteiger partial charge in [0.25, 0.3) is 5.56 Å². The first kappa shape index (κ1) is 18.9. The van der Waals surface area contributed by atoms with E-state index in [1.165, 1.54) is 0 Å². The van der Waals surface area contributed by atoms with Crippen molar-refractivity contribution in [2.24, 2.45) is 5.92 Å². The Hall–Kier alpha value is -3.15. The monoisotopic (exact) mass is 403 g/mol. The Morgan fingerprint density at radius 2 is 1.87 bits per heavy atom. The highest BCUT2D eigenvalue weighted by atomic mass is 16.2. The first-order chi connectivity index (χ1) is 14.5. The van der Waals surface area contributed by atoms with Crippen molar-refractivity contribution in [3.63, 3.8) is 0 Å². The van der Waals surface area contributed by atoms with Crippen molar-refractivity contribution in [3.8, 4) is 0 Å². The van der Waals surface area contributed by atoms with Gasteiger partial charge in [0.2, 0.25) is 5.91 Å². The van der Waals surface area contributed by atoms with Crippen molar-refractivity contribution < 1.29 is 9.59 Å². The number of carbonyl (C=O) groups is 2. The van der Waals surface area contributed by atoms with Crippen molar-refractivity contribution in [2.75, 3.05) is 13.1 Å². The van der Waals surface area contributed by atoms with Gasteiger partial charge in [-0.1, -0.05) is 24.3 Å². The summed E-state index contributed by atoms with van der Waals surface area (Å²) in [5, 5.41) is 0.937. The Kier molecular flexibility index (Phi) is 4.57. The highest BCUT2D eigenvalue weighted by Crippen LogP contribution is 2.35. The fourth-order valence-corrected chi connectivity index (χ4v) is 5.19. The zero-order valence-corrected chi connectivity index (χ0v) is 17.1. The summed E-state index contributed by atoms with van der Waals surface area (Å²) in [4.78, 5) is 39.2. The van der Waals surface area contributed by atoms with Crippen molar-refractivity contribution in [2.45, 2.75) is 38.8 Å². The van der Waals surface area contributed by atoms with Crippen molar-refractivity contribution in [3.05, 3.63) is 70.3 Å². The summed E-state index contributed by atoms with van der Waals surface area (Å²) in [6.07, 6.45) is 3.31. The van der Waals surface area contributed by atoms with Gasteiger partial charge in [-0.25, -0.2) is 0 Å². The SMILES string of the molecule is CC(=O)c1cn(CCC(=O)N2CC3CC(C2)c2cccc(=O)n2C3)c2ccccc12. The number of hydrogen-bond donors (Lipinski definition) is 0. The minimum absolute atomic E-state index is 0.0361. The van der Waals surface area contributed by atoms with E-state index in [2.05, 4.69) is 0 Å². The molecule has 1 amide bonds. The maximum absolute atomic E-state index is 13.0. The summed E-state index contributed by atoms with van der Waals surface area (Å²) in [6, 6.07) is 13.3. The molecule has 2 bridgehead atoms. The lowest BCUT2D eigenvalue weighted by Gasteiger charge is -2.42. The molecule has 2 aliphatic rings. The number of fused-ring (bicyclic) bond motifs is 5. The zero-order valence-electron chi connectivity index (χ0n) is 17.1. The van der Waals surface area contributed by atoms with Crippen LogP contribution in [0, 0.1) is 5.92 Å². The van der Waals surface area contributed by atoms with Crippen LogP contribution in [0.3, 0.4) is 0 Å². The molecule has 0 radical (unpaired) electrons. The molecular formula is C24H25N3O3. The smallest absolute Gasteiger partial charge is 0.250 e. The van der Waals surface area contributed by atoms with E-state index in [1.807, 2.05) is 56.6 Å². The second kappa shape index (κ2) is 7.27. The zero-order chi connectivity index (χ0) is 20.8. The van der Waals surface area contributed by atoms with Crippen LogP contribution in [0.15, 0.2) is 53.5 Å². The van der Waals surface area contributed by atoms with Crippen molar-refractivity contribution in [1.29, 1.82) is 0 Å². The predicted octanol–water partition coefficient (Wildman–Crippen LogP) is 3.04. The molecule has 2 unspecified atom stereocenters. The van der Waals surface area contributed by atoms with Crippen LogP contribution in [0.25, 0.3) is 10.9 Å². The standard InChI is InChI=1S/C24H25N3O3/c1-16(28)20-15-25(22-6-3-2-5-19(20)22)10-9-23(29)26-12-17-11-18(14-26)21-7-4-8-24(30)27(21)13-17/h2-8,15,17-18H,9-14H2,1H3. The van der Waals surface area contributed by atoms with Crippen LogP contribution < -0.4 is 5.56 Å². The number of benzene rings is 1. The molecule has 6 nitrogen and oxygen atoms in total. The number of piperidine rings is 1. The lowest BCUT2D eigenvalue weighted by atomic mass is 9.83. The quantitative estimate of drug-likeness (QED) is 0.629. The van der Waals surface area contributed by atoms with E-state index < -0.39 is 0 Å². The average Bonchev–Trinajstić information content (AvgIpc) is 3.12. The fourth-order valence-electron chi connectivity index (χ4n) is 5.19. The Morgan fingerprint density at radius 1 is 1.03 bits per heavy atom. The normalized spacial score (nSPS) is 20.2. The van der Waals surface area contributed by atoms with Crippen LogP contribution in [-0.2, 0) is 17.9 Å². The van der Waals surface area contributed by atoms with Gasteiger partial charge in [0.05, 0.1) is 0 Å². The van der Waals surface area contributed by atoms with Gasteiger partial charge in [-0.05, 0) is 31.4 Å². The molecule has 1 saturated heterocycles. The second-order valence-corrected chi connectivity index (χ2v) is 8.56. The average molecular weight is 403 g/mol. The Balaban J connectivity index is 1.32. The maximum Gasteiger partial charge on any atom is 0.250 e. The van der Waals surface area contributed by atoms with Gasteiger partial charge in [0.15, 0.2) is 5.78 Å². The number of Topliss-reactive ketones (excluding diaryl/α,β-unsaturated/α-hetero) is 1. The van der Waals surface area contributed by atoms with E-state index in [4.69, 9.17) is 0 Å². The van der Waals surface area contributed by atoms with Crippen LogP contribution in [-0.4, -0.2) is 38.8 Å². The fraction of sp³-hybridized carbons (Fsp3) is 0.375. The molecule has 0 aliphatic carbocycles. The molecule has 2 aliphatic heterocycles. The van der Waals surface area contributed by atoms with Gasteiger partial charge in [-0.3, -0.25) is 14.4 Å². The number of aryl methyl sites for hydroxylation is 1. The number of hydrogen-bond acceptors (Lipinski definition) is 3. The first-order valence-corrected chi connectivity index (χ1v) is 10.6. The molecule has 2 atom stereocenters. The van der Waals surface area contributed by atoms with Crippen LogP contribution in [0.2, 0.25) is 0 Å². The number of amides is 1. The van der Waals surface area contributed by atoms with E-state index in [9.17, 15) is 14.4 Å². The summed E-state index contributed by atoms with van der Waals surface area (Å²) in [5.41, 5.74) is 2.80. The molecular weight excluding hydrogens is 378 g/mol. The minimum Gasteiger partial charge on any atom is -0.346 e. The molecule has 30 heavy (non-hydrogen) atoms. The summed E-state index contributed by atoms with van der Waals surface area (Å²) in [7, 11) is 0. The van der Waals surface area contributed by atoms with E-state index in [0.29, 0.717) is 44.1 Å². The highest BCUT2D eigenvalue weighted by Gasteiger charge is 2.36. The van der Waals surface area contributed by atoms with Gasteiger partial charge >= 0.3 is 0 Å². The van der Waals surface area contributed by atoms with Gasteiger partial charge in [-0.2, -0.15) is 0 Å². The largest absolute Gasteiger partial charge is 0.346 e. The molecule has 2 aromatic heterocycles. The summed E-state index contributed by atoms with van der Waals surface area (Å²) < 4.78 is 3.90. The second-order valence-electron chi connectivity index (χ2n) is 8.56. The van der Waals surface area contributed by atoms with Crippen molar-refractivity contribution >= 4 is 22.6 Å². The molecule has 154 valence electrons. The lowest BCUT2D eigenvalue weighted by Crippen LogP contribution is -2.49. The van der Waals surface area contributed by atoms with Crippen LogP contribution in [0.4, 0.5) is 0 Å². The summed E-state index contributed by atoms with van der Waals surface area (Å²) in [6.45, 7) is 4.20. The molecule has 3 aromatic rings. The number of para-hydroxylation sites is 1. The molecule has 5 rings (SSSR count). The number of likely N-dealkylation sites (tertiary alicyclic amines) is 1. The van der Waals surface area contributed by atoms with Gasteiger partial charge in [0, 0.05) is 72.9 Å². The number of aromatic nitrogens is 2. The molecule has 0 spiro atoms. The van der Waals surface area contributed by atoms with Crippen LogP contribution in [0.5, 0.6) is 0 Å². The van der Waals surface area contributed by atoms with E-state index >= 15 is 0 Å². The van der Waals surface area contributed by atoms with E-state index in [0.717, 1.165) is 23.0 Å². The molecule has 0 N–H and O–H groups in total. The number of nitrogens with zero attached hydrogens (tertiary/aromatic N) is 3. The Morgan fingerprint density at radius 3 is 2.70 bits per heavy atom. The predicted molar refractivity (Wildman–Crippen MR) is 115 cm³/mol. The topological polar surface area (TPSA) is 64.3 Å². The Bertz CT molecular complexity index is 1210.